The highest BCUT2D eigenvalue weighted by molar-refractivity contribution is 5.97. The molecule has 0 bridgehead atoms. The van der Waals surface area contributed by atoms with Crippen LogP contribution in [-0.2, 0) is 11.2 Å². The predicted octanol–water partition coefficient (Wildman–Crippen LogP) is 3.36. The molecule has 1 unspecified atom stereocenters. The molecular weight excluding hydrogens is 260 g/mol. The molecule has 2 heterocycles. The maximum atomic E-state index is 12.1. The van der Waals surface area contributed by atoms with Gasteiger partial charge in [-0.3, -0.25) is 9.78 Å². The number of Topliss-reactive ketones (excluding diaryl/α,β-unsaturated/α-hetero) is 1. The first kappa shape index (κ1) is 12.8. The van der Waals surface area contributed by atoms with Gasteiger partial charge in [-0.2, -0.15) is 0 Å². The van der Waals surface area contributed by atoms with Crippen molar-refractivity contribution < 1.29 is 4.79 Å². The molecule has 0 spiro atoms. The molecule has 0 saturated heterocycles. The number of carbonyl (C=O) groups excluding carboxylic acids is 1. The molecule has 2 aromatic rings. The molecule has 1 aliphatic heterocycles. The van der Waals surface area contributed by atoms with Gasteiger partial charge in [0.2, 0.25) is 0 Å². The highest BCUT2D eigenvalue weighted by Gasteiger charge is 2.27. The van der Waals surface area contributed by atoms with Crippen LogP contribution in [0.15, 0.2) is 30.6 Å². The van der Waals surface area contributed by atoms with E-state index in [1.807, 2.05) is 12.4 Å². The van der Waals surface area contributed by atoms with E-state index in [0.717, 1.165) is 38.8 Å². The van der Waals surface area contributed by atoms with Gasteiger partial charge in [0.25, 0.3) is 0 Å². The Balaban J connectivity index is 1.69. The predicted molar refractivity (Wildman–Crippen MR) is 84.6 cm³/mol. The molecule has 1 aliphatic carbocycles. The lowest BCUT2D eigenvalue weighted by molar-refractivity contribution is -0.124. The summed E-state index contributed by atoms with van der Waals surface area (Å²) in [5.41, 5.74) is 2.63. The standard InChI is InChI=1S/C18H20N2O/c21-17-7-2-1-4-15(17)12-20-9-8-14-11-19-10-13-5-3-6-16(20)18(13)14/h3,5-6,10-11,15H,1-2,4,7-9,12H2. The highest BCUT2D eigenvalue weighted by atomic mass is 16.1. The quantitative estimate of drug-likeness (QED) is 0.845. The van der Waals surface area contributed by atoms with Crippen LogP contribution in [0, 0.1) is 5.92 Å². The summed E-state index contributed by atoms with van der Waals surface area (Å²) in [5, 5.41) is 2.55. The molecule has 1 aromatic carbocycles. The number of ketones is 1. The summed E-state index contributed by atoms with van der Waals surface area (Å²) in [6.45, 7) is 1.89. The zero-order valence-corrected chi connectivity index (χ0v) is 12.2. The number of aromatic nitrogens is 1. The van der Waals surface area contributed by atoms with Crippen molar-refractivity contribution in [2.75, 3.05) is 18.0 Å². The summed E-state index contributed by atoms with van der Waals surface area (Å²) in [4.78, 5) is 18.9. The van der Waals surface area contributed by atoms with E-state index in [4.69, 9.17) is 0 Å². The van der Waals surface area contributed by atoms with Crippen molar-refractivity contribution in [1.29, 1.82) is 0 Å². The second kappa shape index (κ2) is 5.14. The molecule has 3 nitrogen and oxygen atoms in total. The van der Waals surface area contributed by atoms with Crippen molar-refractivity contribution in [3.8, 4) is 0 Å². The van der Waals surface area contributed by atoms with Gasteiger partial charge in [0.15, 0.2) is 0 Å². The number of rotatable bonds is 2. The Hall–Kier alpha value is -1.90. The molecule has 3 heteroatoms. The summed E-state index contributed by atoms with van der Waals surface area (Å²) in [7, 11) is 0. The van der Waals surface area contributed by atoms with Gasteiger partial charge >= 0.3 is 0 Å². The molecule has 4 rings (SSSR count). The summed E-state index contributed by atoms with van der Waals surface area (Å²) in [6.07, 6.45) is 9.10. The Morgan fingerprint density at radius 3 is 3.05 bits per heavy atom. The number of hydrogen-bond acceptors (Lipinski definition) is 3. The van der Waals surface area contributed by atoms with Crippen LogP contribution < -0.4 is 4.90 Å². The van der Waals surface area contributed by atoms with Crippen molar-refractivity contribution in [2.24, 2.45) is 5.92 Å². The number of hydrogen-bond donors (Lipinski definition) is 0. The zero-order chi connectivity index (χ0) is 14.2. The molecule has 1 saturated carbocycles. The third-order valence-corrected chi connectivity index (χ3v) is 4.95. The van der Waals surface area contributed by atoms with Gasteiger partial charge in [-0.15, -0.1) is 0 Å². The van der Waals surface area contributed by atoms with Crippen molar-refractivity contribution in [2.45, 2.75) is 32.1 Å². The van der Waals surface area contributed by atoms with Crippen molar-refractivity contribution in [3.05, 3.63) is 36.2 Å². The number of anilines is 1. The molecule has 1 atom stereocenters. The van der Waals surface area contributed by atoms with E-state index in [9.17, 15) is 4.79 Å². The largest absolute Gasteiger partial charge is 0.370 e. The van der Waals surface area contributed by atoms with Crippen molar-refractivity contribution >= 4 is 22.2 Å². The monoisotopic (exact) mass is 280 g/mol. The summed E-state index contributed by atoms with van der Waals surface area (Å²) in [6, 6.07) is 6.42. The Kier molecular flexibility index (Phi) is 3.13. The minimum atomic E-state index is 0.234. The lowest BCUT2D eigenvalue weighted by atomic mass is 9.87. The number of pyridine rings is 1. The van der Waals surface area contributed by atoms with Crippen molar-refractivity contribution in [1.82, 2.24) is 4.98 Å². The summed E-state index contributed by atoms with van der Waals surface area (Å²) in [5.74, 6) is 0.700. The van der Waals surface area contributed by atoms with E-state index in [2.05, 4.69) is 28.1 Å². The zero-order valence-electron chi connectivity index (χ0n) is 12.2. The molecule has 1 fully saturated rings. The molecule has 0 N–H and O–H groups in total. The van der Waals surface area contributed by atoms with Gasteiger partial charge in [-0.1, -0.05) is 18.6 Å². The Morgan fingerprint density at radius 1 is 1.19 bits per heavy atom. The summed E-state index contributed by atoms with van der Waals surface area (Å²) >= 11 is 0. The van der Waals surface area contributed by atoms with Crippen LogP contribution in [0.5, 0.6) is 0 Å². The van der Waals surface area contributed by atoms with Gasteiger partial charge in [0.05, 0.1) is 0 Å². The van der Waals surface area contributed by atoms with Gasteiger partial charge in [0, 0.05) is 54.3 Å². The molecule has 108 valence electrons. The average molecular weight is 280 g/mol. The van der Waals surface area contributed by atoms with E-state index >= 15 is 0 Å². The second-order valence-electron chi connectivity index (χ2n) is 6.28. The highest BCUT2D eigenvalue weighted by Crippen LogP contribution is 2.34. The van der Waals surface area contributed by atoms with Gasteiger partial charge in [-0.25, -0.2) is 0 Å². The molecule has 21 heavy (non-hydrogen) atoms. The van der Waals surface area contributed by atoms with Crippen LogP contribution in [0.3, 0.4) is 0 Å². The van der Waals surface area contributed by atoms with Crippen LogP contribution in [0.2, 0.25) is 0 Å². The fraction of sp³-hybridized carbons (Fsp3) is 0.444. The van der Waals surface area contributed by atoms with E-state index < -0.39 is 0 Å². The lowest BCUT2D eigenvalue weighted by Gasteiger charge is -2.34. The lowest BCUT2D eigenvalue weighted by Crippen LogP contribution is -2.37. The van der Waals surface area contributed by atoms with Crippen LogP contribution in [-0.4, -0.2) is 23.9 Å². The molecular formula is C18H20N2O. The summed E-state index contributed by atoms with van der Waals surface area (Å²) < 4.78 is 0. The minimum absolute atomic E-state index is 0.234. The van der Waals surface area contributed by atoms with E-state index in [1.54, 1.807) is 0 Å². The Labute approximate surface area is 125 Å². The molecule has 0 amide bonds. The second-order valence-corrected chi connectivity index (χ2v) is 6.28. The van der Waals surface area contributed by atoms with Crippen LogP contribution in [0.25, 0.3) is 10.8 Å². The maximum absolute atomic E-state index is 12.1. The topological polar surface area (TPSA) is 33.2 Å². The van der Waals surface area contributed by atoms with Crippen LogP contribution in [0.4, 0.5) is 5.69 Å². The van der Waals surface area contributed by atoms with E-state index in [-0.39, 0.29) is 5.92 Å². The molecule has 2 aliphatic rings. The Bertz CT molecular complexity index is 689. The van der Waals surface area contributed by atoms with Crippen LogP contribution >= 0.6 is 0 Å². The fourth-order valence-electron chi connectivity index (χ4n) is 3.82. The van der Waals surface area contributed by atoms with Crippen LogP contribution in [0.1, 0.15) is 31.2 Å². The average Bonchev–Trinajstić information content (AvgIpc) is 2.52. The van der Waals surface area contributed by atoms with Gasteiger partial charge in [0.1, 0.15) is 5.78 Å². The normalized spacial score (nSPS) is 21.8. The van der Waals surface area contributed by atoms with Gasteiger partial charge < -0.3 is 4.90 Å². The Morgan fingerprint density at radius 2 is 2.14 bits per heavy atom. The maximum Gasteiger partial charge on any atom is 0.137 e. The molecule has 0 radical (unpaired) electrons. The minimum Gasteiger partial charge on any atom is -0.370 e. The van der Waals surface area contributed by atoms with E-state index in [1.165, 1.54) is 28.4 Å². The first-order chi connectivity index (χ1) is 10.3. The fourth-order valence-corrected chi connectivity index (χ4v) is 3.82. The van der Waals surface area contributed by atoms with Gasteiger partial charge in [-0.05, 0) is 30.9 Å². The van der Waals surface area contributed by atoms with Crippen molar-refractivity contribution in [3.63, 3.8) is 0 Å². The third-order valence-electron chi connectivity index (χ3n) is 4.95. The first-order valence-electron chi connectivity index (χ1n) is 7.96. The van der Waals surface area contributed by atoms with E-state index in [0.29, 0.717) is 5.78 Å². The smallest absolute Gasteiger partial charge is 0.137 e. The number of nitrogens with zero attached hydrogens (tertiary/aromatic N) is 2. The SMILES string of the molecule is O=C1CCCCC1CN1CCc2cncc3cccc1c23. The molecule has 1 aromatic heterocycles. The number of carbonyl (C=O) groups is 1. The first-order valence-corrected chi connectivity index (χ1v) is 7.96. The third kappa shape index (κ3) is 2.21. The number of benzene rings is 1.